The highest BCUT2D eigenvalue weighted by Gasteiger charge is 2.28. The monoisotopic (exact) mass is 378 g/mol. The predicted molar refractivity (Wildman–Crippen MR) is 104 cm³/mol. The molecule has 0 bridgehead atoms. The van der Waals surface area contributed by atoms with Gasteiger partial charge in [-0.25, -0.2) is 9.97 Å². The maximum absolute atomic E-state index is 12.9. The summed E-state index contributed by atoms with van der Waals surface area (Å²) in [6.07, 6.45) is 3.04. The van der Waals surface area contributed by atoms with Crippen molar-refractivity contribution in [3.05, 3.63) is 59.7 Å². The summed E-state index contributed by atoms with van der Waals surface area (Å²) in [5.41, 5.74) is 9.59. The van der Waals surface area contributed by atoms with Crippen molar-refractivity contribution in [3.8, 4) is 11.3 Å². The molecule has 1 saturated heterocycles. The molecule has 0 aromatic carbocycles. The molecule has 0 radical (unpaired) electrons. The summed E-state index contributed by atoms with van der Waals surface area (Å²) >= 11 is 0. The van der Waals surface area contributed by atoms with Crippen molar-refractivity contribution in [2.75, 3.05) is 25.4 Å². The van der Waals surface area contributed by atoms with E-state index in [1.165, 1.54) is 0 Å². The first-order chi connectivity index (χ1) is 13.5. The number of ether oxygens (including phenoxy) is 1. The van der Waals surface area contributed by atoms with Crippen LogP contribution in [-0.4, -0.2) is 50.3 Å². The number of carbonyl (C=O) groups excluding carboxylic acids is 1. The Morgan fingerprint density at radius 2 is 2.11 bits per heavy atom. The number of nitrogens with two attached hydrogens (primary N) is 1. The summed E-state index contributed by atoms with van der Waals surface area (Å²) in [5, 5.41) is 4.17. The van der Waals surface area contributed by atoms with Crippen LogP contribution in [0.1, 0.15) is 27.8 Å². The van der Waals surface area contributed by atoms with Gasteiger partial charge in [0, 0.05) is 31.0 Å². The van der Waals surface area contributed by atoms with Crippen molar-refractivity contribution in [2.45, 2.75) is 13.0 Å². The van der Waals surface area contributed by atoms with Crippen molar-refractivity contribution in [2.24, 2.45) is 7.05 Å². The van der Waals surface area contributed by atoms with Gasteiger partial charge in [-0.3, -0.25) is 9.48 Å². The summed E-state index contributed by atoms with van der Waals surface area (Å²) in [6.45, 7) is 3.35. The Kier molecular flexibility index (Phi) is 4.79. The molecule has 0 saturated carbocycles. The Morgan fingerprint density at radius 1 is 1.25 bits per heavy atom. The summed E-state index contributed by atoms with van der Waals surface area (Å²) in [4.78, 5) is 23.6. The lowest BCUT2D eigenvalue weighted by atomic mass is 10.1. The van der Waals surface area contributed by atoms with Gasteiger partial charge in [-0.1, -0.05) is 6.07 Å². The van der Waals surface area contributed by atoms with Gasteiger partial charge in [0.15, 0.2) is 0 Å². The van der Waals surface area contributed by atoms with Gasteiger partial charge in [0.1, 0.15) is 11.9 Å². The average Bonchev–Trinajstić information content (AvgIpc) is 3.07. The van der Waals surface area contributed by atoms with Crippen molar-refractivity contribution >= 4 is 11.7 Å². The SMILES string of the molecule is Cc1c(C(=O)N2CCOC(c3cccc(-c4ccc(N)nc4)n3)C2)cnn1C. The maximum atomic E-state index is 12.9. The average molecular weight is 378 g/mol. The van der Waals surface area contributed by atoms with Gasteiger partial charge in [0.25, 0.3) is 5.91 Å². The van der Waals surface area contributed by atoms with Crippen molar-refractivity contribution in [1.82, 2.24) is 24.6 Å². The maximum Gasteiger partial charge on any atom is 0.257 e. The number of pyridine rings is 2. The molecule has 3 aromatic heterocycles. The van der Waals surface area contributed by atoms with Crippen LogP contribution in [0.5, 0.6) is 0 Å². The van der Waals surface area contributed by atoms with Crippen LogP contribution in [0.2, 0.25) is 0 Å². The molecule has 2 N–H and O–H groups in total. The molecule has 144 valence electrons. The van der Waals surface area contributed by atoms with Gasteiger partial charge >= 0.3 is 0 Å². The van der Waals surface area contributed by atoms with E-state index in [-0.39, 0.29) is 12.0 Å². The number of anilines is 1. The fraction of sp³-hybridized carbons (Fsp3) is 0.300. The highest BCUT2D eigenvalue weighted by molar-refractivity contribution is 5.95. The first kappa shape index (κ1) is 18.1. The Morgan fingerprint density at radius 3 is 2.82 bits per heavy atom. The van der Waals surface area contributed by atoms with E-state index in [1.807, 2.05) is 38.2 Å². The topological polar surface area (TPSA) is 99.2 Å². The number of rotatable bonds is 3. The lowest BCUT2D eigenvalue weighted by Crippen LogP contribution is -2.42. The number of hydrogen-bond donors (Lipinski definition) is 1. The zero-order chi connectivity index (χ0) is 19.7. The molecule has 4 rings (SSSR count). The molecule has 1 atom stereocenters. The standard InChI is InChI=1S/C20H22N6O2/c1-13-15(11-23-25(13)2)20(27)26-8-9-28-18(12-26)17-5-3-4-16(24-17)14-6-7-19(21)22-10-14/h3-7,10-11,18H,8-9,12H2,1-2H3,(H2,21,22). The molecule has 3 aromatic rings. The van der Waals surface area contributed by atoms with Crippen LogP contribution in [0.4, 0.5) is 5.82 Å². The molecule has 0 spiro atoms. The van der Waals surface area contributed by atoms with Gasteiger partial charge < -0.3 is 15.4 Å². The number of carbonyl (C=O) groups is 1. The molecule has 4 heterocycles. The molecule has 8 nitrogen and oxygen atoms in total. The van der Waals surface area contributed by atoms with Gasteiger partial charge in [0.05, 0.1) is 36.3 Å². The van der Waals surface area contributed by atoms with E-state index in [1.54, 1.807) is 28.0 Å². The highest BCUT2D eigenvalue weighted by atomic mass is 16.5. The van der Waals surface area contributed by atoms with Crippen molar-refractivity contribution < 1.29 is 9.53 Å². The molecule has 1 aliphatic heterocycles. The Labute approximate surface area is 163 Å². The lowest BCUT2D eigenvalue weighted by Gasteiger charge is -2.32. The molecule has 8 heteroatoms. The molecule has 0 aliphatic carbocycles. The quantitative estimate of drug-likeness (QED) is 0.748. The number of aryl methyl sites for hydroxylation is 1. The minimum Gasteiger partial charge on any atom is -0.384 e. The smallest absolute Gasteiger partial charge is 0.257 e. The summed E-state index contributed by atoms with van der Waals surface area (Å²) in [7, 11) is 1.83. The third kappa shape index (κ3) is 3.46. The van der Waals surface area contributed by atoms with Crippen LogP contribution in [-0.2, 0) is 11.8 Å². The van der Waals surface area contributed by atoms with E-state index in [4.69, 9.17) is 15.5 Å². The summed E-state index contributed by atoms with van der Waals surface area (Å²) < 4.78 is 7.62. The fourth-order valence-electron chi connectivity index (χ4n) is 3.24. The number of nitrogen functional groups attached to an aromatic ring is 1. The third-order valence-electron chi connectivity index (χ3n) is 5.00. The predicted octanol–water partition coefficient (Wildman–Crippen LogP) is 1.98. The van der Waals surface area contributed by atoms with Crippen LogP contribution >= 0.6 is 0 Å². The van der Waals surface area contributed by atoms with Gasteiger partial charge in [-0.15, -0.1) is 0 Å². The number of nitrogens with zero attached hydrogens (tertiary/aromatic N) is 5. The second-order valence-electron chi connectivity index (χ2n) is 6.80. The van der Waals surface area contributed by atoms with E-state index in [0.717, 1.165) is 22.6 Å². The minimum atomic E-state index is -0.281. The minimum absolute atomic E-state index is 0.0298. The fourth-order valence-corrected chi connectivity index (χ4v) is 3.24. The molecular weight excluding hydrogens is 356 g/mol. The number of amides is 1. The van der Waals surface area contributed by atoms with Crippen LogP contribution in [0.3, 0.4) is 0 Å². The zero-order valence-electron chi connectivity index (χ0n) is 15.9. The van der Waals surface area contributed by atoms with Gasteiger partial charge in [-0.2, -0.15) is 5.10 Å². The molecule has 28 heavy (non-hydrogen) atoms. The zero-order valence-corrected chi connectivity index (χ0v) is 15.9. The van der Waals surface area contributed by atoms with E-state index in [9.17, 15) is 4.79 Å². The second-order valence-corrected chi connectivity index (χ2v) is 6.80. The van der Waals surface area contributed by atoms with Crippen molar-refractivity contribution in [1.29, 1.82) is 0 Å². The van der Waals surface area contributed by atoms with E-state index in [0.29, 0.717) is 31.1 Å². The second kappa shape index (κ2) is 7.40. The largest absolute Gasteiger partial charge is 0.384 e. The van der Waals surface area contributed by atoms with Crippen LogP contribution in [0.25, 0.3) is 11.3 Å². The number of hydrogen-bond acceptors (Lipinski definition) is 6. The van der Waals surface area contributed by atoms with Crippen LogP contribution in [0, 0.1) is 6.92 Å². The summed E-state index contributed by atoms with van der Waals surface area (Å²) in [5.74, 6) is 0.438. The molecule has 1 fully saturated rings. The van der Waals surface area contributed by atoms with Crippen molar-refractivity contribution in [3.63, 3.8) is 0 Å². The van der Waals surface area contributed by atoms with Gasteiger partial charge in [-0.05, 0) is 31.2 Å². The van der Waals surface area contributed by atoms with Crippen LogP contribution in [0.15, 0.2) is 42.7 Å². The first-order valence-corrected chi connectivity index (χ1v) is 9.11. The lowest BCUT2D eigenvalue weighted by molar-refractivity contribution is -0.0247. The summed E-state index contributed by atoms with van der Waals surface area (Å²) in [6, 6.07) is 9.40. The van der Waals surface area contributed by atoms with E-state index >= 15 is 0 Å². The van der Waals surface area contributed by atoms with Gasteiger partial charge in [0.2, 0.25) is 0 Å². The molecular formula is C20H22N6O2. The Hall–Kier alpha value is -3.26. The normalized spacial score (nSPS) is 16.9. The molecule has 1 aliphatic rings. The Bertz CT molecular complexity index is 998. The molecule has 1 unspecified atom stereocenters. The van der Waals surface area contributed by atoms with E-state index in [2.05, 4.69) is 10.1 Å². The third-order valence-corrected chi connectivity index (χ3v) is 5.00. The molecule has 1 amide bonds. The van der Waals surface area contributed by atoms with E-state index < -0.39 is 0 Å². The van der Waals surface area contributed by atoms with Crippen LogP contribution < -0.4 is 5.73 Å². The number of aromatic nitrogens is 4. The Balaban J connectivity index is 1.55. The highest BCUT2D eigenvalue weighted by Crippen LogP contribution is 2.25. The first-order valence-electron chi connectivity index (χ1n) is 9.11. The number of morpholine rings is 1.